The SMILES string of the molecule is CCOc1ccc(NC(=O)CCN2CCCCC2CC)cc1. The summed E-state index contributed by atoms with van der Waals surface area (Å²) >= 11 is 0. The molecule has 1 atom stereocenters. The molecule has 0 aliphatic carbocycles. The molecule has 1 unspecified atom stereocenters. The van der Waals surface area contributed by atoms with E-state index in [4.69, 9.17) is 4.74 Å². The zero-order chi connectivity index (χ0) is 15.8. The van der Waals surface area contributed by atoms with Gasteiger partial charge < -0.3 is 10.1 Å². The summed E-state index contributed by atoms with van der Waals surface area (Å²) in [5.41, 5.74) is 0.833. The molecule has 0 saturated carbocycles. The minimum atomic E-state index is 0.0876. The first-order valence-corrected chi connectivity index (χ1v) is 8.49. The monoisotopic (exact) mass is 304 g/mol. The van der Waals surface area contributed by atoms with Crippen molar-refractivity contribution in [1.29, 1.82) is 0 Å². The first-order valence-electron chi connectivity index (χ1n) is 8.49. The highest BCUT2D eigenvalue weighted by Crippen LogP contribution is 2.20. The van der Waals surface area contributed by atoms with Crippen molar-refractivity contribution in [3.63, 3.8) is 0 Å². The standard InChI is InChI=1S/C18H28N2O2/c1-3-16-7-5-6-13-20(16)14-12-18(21)19-15-8-10-17(11-9-15)22-4-2/h8-11,16H,3-7,12-14H2,1-2H3,(H,19,21). The molecule has 1 heterocycles. The fraction of sp³-hybridized carbons (Fsp3) is 0.611. The average molecular weight is 304 g/mol. The summed E-state index contributed by atoms with van der Waals surface area (Å²) in [4.78, 5) is 14.6. The highest BCUT2D eigenvalue weighted by atomic mass is 16.5. The van der Waals surface area contributed by atoms with E-state index in [0.717, 1.165) is 24.5 Å². The van der Waals surface area contributed by atoms with Crippen LogP contribution in [0.5, 0.6) is 5.75 Å². The summed E-state index contributed by atoms with van der Waals surface area (Å²) in [5.74, 6) is 0.921. The normalized spacial score (nSPS) is 18.9. The van der Waals surface area contributed by atoms with E-state index in [2.05, 4.69) is 17.1 Å². The molecule has 0 bridgehead atoms. The Bertz CT molecular complexity index is 459. The second-order valence-corrected chi connectivity index (χ2v) is 5.85. The number of anilines is 1. The molecular formula is C18H28N2O2. The number of likely N-dealkylation sites (tertiary alicyclic amines) is 1. The largest absolute Gasteiger partial charge is 0.494 e. The quantitative estimate of drug-likeness (QED) is 0.835. The van der Waals surface area contributed by atoms with E-state index in [0.29, 0.717) is 19.1 Å². The van der Waals surface area contributed by atoms with Gasteiger partial charge in [0, 0.05) is 24.7 Å². The molecule has 1 aliphatic heterocycles. The Morgan fingerprint density at radius 3 is 2.73 bits per heavy atom. The minimum absolute atomic E-state index is 0.0876. The third-order valence-corrected chi connectivity index (χ3v) is 4.30. The van der Waals surface area contributed by atoms with Crippen molar-refractivity contribution in [3.8, 4) is 5.75 Å². The van der Waals surface area contributed by atoms with Gasteiger partial charge in [-0.2, -0.15) is 0 Å². The third-order valence-electron chi connectivity index (χ3n) is 4.30. The summed E-state index contributed by atoms with van der Waals surface area (Å²) < 4.78 is 5.40. The molecule has 4 heteroatoms. The van der Waals surface area contributed by atoms with Crippen LogP contribution in [0.4, 0.5) is 5.69 Å². The lowest BCUT2D eigenvalue weighted by Gasteiger charge is -2.35. The van der Waals surface area contributed by atoms with Gasteiger partial charge in [-0.25, -0.2) is 0 Å². The first-order chi connectivity index (χ1) is 10.7. The Balaban J connectivity index is 1.77. The predicted octanol–water partition coefficient (Wildman–Crippen LogP) is 3.68. The lowest BCUT2D eigenvalue weighted by atomic mass is 10.00. The number of carbonyl (C=O) groups is 1. The Kier molecular flexibility index (Phi) is 6.72. The Labute approximate surface area is 133 Å². The number of benzene rings is 1. The molecule has 122 valence electrons. The van der Waals surface area contributed by atoms with Crippen molar-refractivity contribution in [2.75, 3.05) is 25.0 Å². The molecule has 0 radical (unpaired) electrons. The Hall–Kier alpha value is -1.55. The zero-order valence-electron chi connectivity index (χ0n) is 13.8. The number of piperidine rings is 1. The molecule has 0 aromatic heterocycles. The summed E-state index contributed by atoms with van der Waals surface area (Å²) in [6.07, 6.45) is 5.60. The zero-order valence-corrected chi connectivity index (χ0v) is 13.8. The van der Waals surface area contributed by atoms with Gasteiger partial charge in [0.15, 0.2) is 0 Å². The van der Waals surface area contributed by atoms with Crippen molar-refractivity contribution < 1.29 is 9.53 Å². The first kappa shape index (κ1) is 16.8. The van der Waals surface area contributed by atoms with E-state index in [1.165, 1.54) is 25.7 Å². The Morgan fingerprint density at radius 2 is 2.05 bits per heavy atom. The van der Waals surface area contributed by atoms with E-state index in [1.807, 2.05) is 31.2 Å². The van der Waals surface area contributed by atoms with Crippen LogP contribution >= 0.6 is 0 Å². The number of nitrogens with zero attached hydrogens (tertiary/aromatic N) is 1. The Morgan fingerprint density at radius 1 is 1.27 bits per heavy atom. The van der Waals surface area contributed by atoms with E-state index in [9.17, 15) is 4.79 Å². The maximum atomic E-state index is 12.1. The second kappa shape index (κ2) is 8.79. The van der Waals surface area contributed by atoms with Gasteiger partial charge in [-0.15, -0.1) is 0 Å². The molecule has 1 aliphatic rings. The number of rotatable bonds is 7. The molecule has 2 rings (SSSR count). The van der Waals surface area contributed by atoms with Crippen LogP contribution in [0, 0.1) is 0 Å². The third kappa shape index (κ3) is 5.02. The average Bonchev–Trinajstić information content (AvgIpc) is 2.55. The molecule has 1 fully saturated rings. The number of carbonyl (C=O) groups excluding carboxylic acids is 1. The van der Waals surface area contributed by atoms with Crippen LogP contribution in [0.15, 0.2) is 24.3 Å². The van der Waals surface area contributed by atoms with Crippen molar-refractivity contribution >= 4 is 11.6 Å². The van der Waals surface area contributed by atoms with Crippen LogP contribution in [0.1, 0.15) is 46.0 Å². The lowest BCUT2D eigenvalue weighted by molar-refractivity contribution is -0.116. The molecule has 0 spiro atoms. The minimum Gasteiger partial charge on any atom is -0.494 e. The van der Waals surface area contributed by atoms with Gasteiger partial charge in [0.2, 0.25) is 5.91 Å². The van der Waals surface area contributed by atoms with Gasteiger partial charge in [0.25, 0.3) is 0 Å². The van der Waals surface area contributed by atoms with Gasteiger partial charge in [-0.05, 0) is 57.0 Å². The van der Waals surface area contributed by atoms with Crippen LogP contribution in [-0.4, -0.2) is 36.5 Å². The predicted molar refractivity (Wildman–Crippen MR) is 90.4 cm³/mol. The van der Waals surface area contributed by atoms with Gasteiger partial charge in [-0.3, -0.25) is 9.69 Å². The smallest absolute Gasteiger partial charge is 0.225 e. The van der Waals surface area contributed by atoms with Crippen LogP contribution in [0.3, 0.4) is 0 Å². The van der Waals surface area contributed by atoms with E-state index in [-0.39, 0.29) is 5.91 Å². The van der Waals surface area contributed by atoms with Gasteiger partial charge >= 0.3 is 0 Å². The van der Waals surface area contributed by atoms with E-state index in [1.54, 1.807) is 0 Å². The summed E-state index contributed by atoms with van der Waals surface area (Å²) in [5, 5.41) is 2.96. The van der Waals surface area contributed by atoms with Crippen molar-refractivity contribution in [2.24, 2.45) is 0 Å². The van der Waals surface area contributed by atoms with Crippen molar-refractivity contribution in [2.45, 2.75) is 52.0 Å². The lowest BCUT2D eigenvalue weighted by Crippen LogP contribution is -2.40. The maximum Gasteiger partial charge on any atom is 0.225 e. The van der Waals surface area contributed by atoms with Crippen molar-refractivity contribution in [1.82, 2.24) is 4.90 Å². The number of amides is 1. The number of ether oxygens (including phenoxy) is 1. The van der Waals surface area contributed by atoms with Gasteiger partial charge in [0.1, 0.15) is 5.75 Å². The fourth-order valence-electron chi connectivity index (χ4n) is 3.09. The molecule has 4 nitrogen and oxygen atoms in total. The summed E-state index contributed by atoms with van der Waals surface area (Å²) in [6, 6.07) is 8.21. The topological polar surface area (TPSA) is 41.6 Å². The molecule has 1 N–H and O–H groups in total. The molecule has 22 heavy (non-hydrogen) atoms. The number of nitrogens with one attached hydrogen (secondary N) is 1. The van der Waals surface area contributed by atoms with Gasteiger partial charge in [-0.1, -0.05) is 13.3 Å². The highest BCUT2D eigenvalue weighted by molar-refractivity contribution is 5.90. The summed E-state index contributed by atoms with van der Waals surface area (Å²) in [6.45, 7) is 6.85. The van der Waals surface area contributed by atoms with Crippen LogP contribution in [-0.2, 0) is 4.79 Å². The molecule has 1 aromatic rings. The maximum absolute atomic E-state index is 12.1. The van der Waals surface area contributed by atoms with Crippen molar-refractivity contribution in [3.05, 3.63) is 24.3 Å². The molecule has 1 amide bonds. The van der Waals surface area contributed by atoms with Gasteiger partial charge in [0.05, 0.1) is 6.61 Å². The van der Waals surface area contributed by atoms with Crippen LogP contribution in [0.25, 0.3) is 0 Å². The number of hydrogen-bond donors (Lipinski definition) is 1. The molecule has 1 saturated heterocycles. The second-order valence-electron chi connectivity index (χ2n) is 5.85. The van der Waals surface area contributed by atoms with Crippen LogP contribution in [0.2, 0.25) is 0 Å². The summed E-state index contributed by atoms with van der Waals surface area (Å²) in [7, 11) is 0. The van der Waals surface area contributed by atoms with E-state index >= 15 is 0 Å². The highest BCUT2D eigenvalue weighted by Gasteiger charge is 2.20. The van der Waals surface area contributed by atoms with Crippen LogP contribution < -0.4 is 10.1 Å². The van der Waals surface area contributed by atoms with E-state index < -0.39 is 0 Å². The molecule has 1 aromatic carbocycles. The fourth-order valence-corrected chi connectivity index (χ4v) is 3.09. The molecular weight excluding hydrogens is 276 g/mol. The number of hydrogen-bond acceptors (Lipinski definition) is 3.